The molecule has 0 bridgehead atoms. The van der Waals surface area contributed by atoms with E-state index in [9.17, 15) is 0 Å². The van der Waals surface area contributed by atoms with Crippen LogP contribution in [0.15, 0.2) is 17.5 Å². The van der Waals surface area contributed by atoms with Crippen molar-refractivity contribution in [3.8, 4) is 0 Å². The van der Waals surface area contributed by atoms with Gasteiger partial charge in [-0.25, -0.2) is 0 Å². The van der Waals surface area contributed by atoms with Gasteiger partial charge in [-0.1, -0.05) is 19.4 Å². The Morgan fingerprint density at radius 3 is 2.70 bits per heavy atom. The van der Waals surface area contributed by atoms with Crippen LogP contribution in [0.1, 0.15) is 56.4 Å². The van der Waals surface area contributed by atoms with Crippen molar-refractivity contribution in [1.29, 1.82) is 0 Å². The molecule has 2 aliphatic rings. The van der Waals surface area contributed by atoms with Gasteiger partial charge in [-0.3, -0.25) is 0 Å². The summed E-state index contributed by atoms with van der Waals surface area (Å²) in [5.74, 6) is -0.235. The quantitative estimate of drug-likeness (QED) is 0.894. The number of hydrogen-bond donors (Lipinski definition) is 1. The van der Waals surface area contributed by atoms with Crippen LogP contribution in [0.5, 0.6) is 0 Å². The van der Waals surface area contributed by atoms with Crippen molar-refractivity contribution < 1.29 is 9.47 Å². The van der Waals surface area contributed by atoms with Gasteiger partial charge >= 0.3 is 0 Å². The lowest BCUT2D eigenvalue weighted by Crippen LogP contribution is -2.43. The van der Waals surface area contributed by atoms with Crippen LogP contribution in [0.3, 0.4) is 0 Å². The minimum atomic E-state index is -0.235. The third-order valence-corrected chi connectivity index (χ3v) is 5.45. The molecule has 112 valence electrons. The molecule has 1 atom stereocenters. The highest BCUT2D eigenvalue weighted by atomic mass is 32.1. The van der Waals surface area contributed by atoms with Crippen LogP contribution in [0.4, 0.5) is 0 Å². The maximum atomic E-state index is 5.81. The second-order valence-corrected chi connectivity index (χ2v) is 6.88. The van der Waals surface area contributed by atoms with E-state index in [2.05, 4.69) is 29.8 Å². The second-order valence-electron chi connectivity index (χ2n) is 5.91. The van der Waals surface area contributed by atoms with E-state index in [-0.39, 0.29) is 5.79 Å². The van der Waals surface area contributed by atoms with Crippen molar-refractivity contribution in [1.82, 2.24) is 5.32 Å². The third kappa shape index (κ3) is 3.25. The van der Waals surface area contributed by atoms with Crippen molar-refractivity contribution in [2.75, 3.05) is 13.2 Å². The zero-order valence-electron chi connectivity index (χ0n) is 12.3. The van der Waals surface area contributed by atoms with E-state index in [4.69, 9.17) is 9.47 Å². The number of ether oxygens (including phenoxy) is 2. The minimum Gasteiger partial charge on any atom is -0.348 e. The molecule has 4 heteroatoms. The van der Waals surface area contributed by atoms with E-state index < -0.39 is 0 Å². The molecular formula is C16H25NO2S. The Balaban J connectivity index is 1.54. The molecule has 1 spiro atoms. The summed E-state index contributed by atoms with van der Waals surface area (Å²) < 4.78 is 11.6. The van der Waals surface area contributed by atoms with Gasteiger partial charge in [0.2, 0.25) is 0 Å². The van der Waals surface area contributed by atoms with Gasteiger partial charge < -0.3 is 14.8 Å². The minimum absolute atomic E-state index is 0.235. The zero-order chi connectivity index (χ0) is 13.8. The molecule has 1 aromatic rings. The summed E-state index contributed by atoms with van der Waals surface area (Å²) in [7, 11) is 0. The first-order chi connectivity index (χ1) is 9.81. The summed E-state index contributed by atoms with van der Waals surface area (Å²) in [5.41, 5.74) is 0. The number of nitrogens with one attached hydrogen (secondary N) is 1. The van der Waals surface area contributed by atoms with E-state index in [0.717, 1.165) is 38.9 Å². The Bertz CT molecular complexity index is 391. The fourth-order valence-electron chi connectivity index (χ4n) is 3.38. The van der Waals surface area contributed by atoms with Crippen molar-refractivity contribution in [3.05, 3.63) is 22.4 Å². The molecule has 2 fully saturated rings. The van der Waals surface area contributed by atoms with Gasteiger partial charge in [0.05, 0.1) is 13.2 Å². The molecular weight excluding hydrogens is 270 g/mol. The van der Waals surface area contributed by atoms with Gasteiger partial charge in [0, 0.05) is 29.8 Å². The highest BCUT2D eigenvalue weighted by Gasteiger charge is 2.40. The molecule has 1 aliphatic carbocycles. The van der Waals surface area contributed by atoms with Crippen molar-refractivity contribution >= 4 is 11.3 Å². The first-order valence-corrected chi connectivity index (χ1v) is 8.77. The third-order valence-electron chi connectivity index (χ3n) is 4.46. The maximum absolute atomic E-state index is 5.81. The van der Waals surface area contributed by atoms with Crippen LogP contribution in [0.25, 0.3) is 0 Å². The van der Waals surface area contributed by atoms with Gasteiger partial charge in [-0.2, -0.15) is 0 Å². The molecule has 0 aromatic carbocycles. The molecule has 1 saturated heterocycles. The van der Waals surface area contributed by atoms with Crippen LogP contribution in [0.2, 0.25) is 0 Å². The Morgan fingerprint density at radius 1 is 1.35 bits per heavy atom. The monoisotopic (exact) mass is 295 g/mol. The Labute approximate surface area is 125 Å². The molecule has 0 radical (unpaired) electrons. The fourth-order valence-corrected chi connectivity index (χ4v) is 4.20. The number of rotatable bonds is 5. The Morgan fingerprint density at radius 2 is 2.10 bits per heavy atom. The highest BCUT2D eigenvalue weighted by molar-refractivity contribution is 7.10. The lowest BCUT2D eigenvalue weighted by Gasteiger charge is -2.37. The van der Waals surface area contributed by atoms with Gasteiger partial charge in [0.25, 0.3) is 0 Å². The predicted octanol–water partition coefficient (Wildman–Crippen LogP) is 3.86. The number of hydrogen-bond acceptors (Lipinski definition) is 4. The average molecular weight is 295 g/mol. The normalized spacial score (nSPS) is 24.2. The summed E-state index contributed by atoms with van der Waals surface area (Å²) in [6, 6.07) is 5.53. The number of thiophene rings is 1. The van der Waals surface area contributed by atoms with Crippen molar-refractivity contribution in [2.24, 2.45) is 0 Å². The summed E-state index contributed by atoms with van der Waals surface area (Å²) in [6.45, 7) is 3.80. The first-order valence-electron chi connectivity index (χ1n) is 7.89. The van der Waals surface area contributed by atoms with E-state index >= 15 is 0 Å². The summed E-state index contributed by atoms with van der Waals surface area (Å²) >= 11 is 1.87. The predicted molar refractivity (Wildman–Crippen MR) is 82.0 cm³/mol. The lowest BCUT2D eigenvalue weighted by atomic mass is 9.89. The van der Waals surface area contributed by atoms with E-state index in [1.807, 2.05) is 11.3 Å². The molecule has 2 heterocycles. The fraction of sp³-hybridized carbons (Fsp3) is 0.750. The van der Waals surface area contributed by atoms with Gasteiger partial charge in [-0.15, -0.1) is 11.3 Å². The van der Waals surface area contributed by atoms with Crippen LogP contribution in [0, 0.1) is 0 Å². The Kier molecular flexibility index (Phi) is 4.76. The molecule has 1 saturated carbocycles. The molecule has 1 unspecified atom stereocenters. The molecule has 1 aliphatic heterocycles. The molecule has 1 N–H and O–H groups in total. The van der Waals surface area contributed by atoms with E-state index in [0.29, 0.717) is 12.1 Å². The van der Waals surface area contributed by atoms with Gasteiger partial charge in [0.15, 0.2) is 5.79 Å². The highest BCUT2D eigenvalue weighted by Crippen LogP contribution is 2.36. The van der Waals surface area contributed by atoms with Crippen LogP contribution >= 0.6 is 11.3 Å². The zero-order valence-corrected chi connectivity index (χ0v) is 13.1. The maximum Gasteiger partial charge on any atom is 0.168 e. The van der Waals surface area contributed by atoms with Crippen LogP contribution in [-0.4, -0.2) is 25.0 Å². The Hall–Kier alpha value is -0.420. The molecule has 3 nitrogen and oxygen atoms in total. The smallest absolute Gasteiger partial charge is 0.168 e. The van der Waals surface area contributed by atoms with Crippen molar-refractivity contribution in [3.63, 3.8) is 0 Å². The van der Waals surface area contributed by atoms with Crippen LogP contribution < -0.4 is 5.32 Å². The molecule has 1 aromatic heterocycles. The van der Waals surface area contributed by atoms with Crippen molar-refractivity contribution in [2.45, 2.75) is 63.3 Å². The molecule has 0 amide bonds. The average Bonchev–Trinajstić information content (AvgIpc) is 3.13. The van der Waals surface area contributed by atoms with Gasteiger partial charge in [-0.05, 0) is 30.7 Å². The van der Waals surface area contributed by atoms with Crippen LogP contribution in [-0.2, 0) is 9.47 Å². The standard InChI is InChI=1S/C16H25NO2S/c1-2-4-14(15-5-3-12-20-15)17-13-6-8-16(9-7-13)18-10-11-19-16/h3,5,12-14,17H,2,4,6-11H2,1H3. The lowest BCUT2D eigenvalue weighted by molar-refractivity contribution is -0.179. The molecule has 20 heavy (non-hydrogen) atoms. The van der Waals surface area contributed by atoms with E-state index in [1.165, 1.54) is 17.7 Å². The summed E-state index contributed by atoms with van der Waals surface area (Å²) in [6.07, 6.45) is 6.83. The summed E-state index contributed by atoms with van der Waals surface area (Å²) in [5, 5.41) is 6.04. The topological polar surface area (TPSA) is 30.5 Å². The SMILES string of the molecule is CCCC(NC1CCC2(CC1)OCCO2)c1cccs1. The molecule has 3 rings (SSSR count). The van der Waals surface area contributed by atoms with E-state index in [1.54, 1.807) is 0 Å². The second kappa shape index (κ2) is 6.56. The largest absolute Gasteiger partial charge is 0.348 e. The first kappa shape index (κ1) is 14.5. The van der Waals surface area contributed by atoms with Gasteiger partial charge in [0.1, 0.15) is 0 Å². The summed E-state index contributed by atoms with van der Waals surface area (Å²) in [4.78, 5) is 1.47.